The molecule has 0 saturated carbocycles. The second kappa shape index (κ2) is 9.21. The van der Waals surface area contributed by atoms with Crippen LogP contribution in [-0.2, 0) is 39.1 Å². The fourth-order valence-corrected chi connectivity index (χ4v) is 3.32. The number of fused-ring (bicyclic) bond motifs is 2. The van der Waals surface area contributed by atoms with Crippen molar-refractivity contribution in [2.75, 3.05) is 0 Å². The van der Waals surface area contributed by atoms with E-state index in [2.05, 4.69) is 31.2 Å². The van der Waals surface area contributed by atoms with E-state index in [4.69, 9.17) is 0 Å². The van der Waals surface area contributed by atoms with E-state index in [1.807, 2.05) is 0 Å². The van der Waals surface area contributed by atoms with Gasteiger partial charge in [-0.1, -0.05) is 43.7 Å². The van der Waals surface area contributed by atoms with Crippen LogP contribution in [0.25, 0.3) is 5.57 Å². The van der Waals surface area contributed by atoms with Crippen LogP contribution in [-0.4, -0.2) is 8.41 Å². The summed E-state index contributed by atoms with van der Waals surface area (Å²) >= 11 is 0. The van der Waals surface area contributed by atoms with Crippen molar-refractivity contribution < 1.29 is 34.1 Å². The molecule has 0 spiro atoms. The maximum atomic E-state index is 3.98. The number of hydrogen-bond acceptors (Lipinski definition) is 0. The summed E-state index contributed by atoms with van der Waals surface area (Å²) in [7, 11) is 0. The summed E-state index contributed by atoms with van der Waals surface area (Å²) in [4.78, 5) is 0. The third-order valence-electron chi connectivity index (χ3n) is 4.19. The Bertz CT molecular complexity index is 456. The zero-order chi connectivity index (χ0) is 11.7. The Hall–Kier alpha value is 0.129. The van der Waals surface area contributed by atoms with Gasteiger partial charge in [0.25, 0.3) is 0 Å². The molecule has 2 aliphatic carbocycles. The van der Waals surface area contributed by atoms with E-state index in [0.29, 0.717) is 0 Å². The molecule has 4 radical (unpaired) electrons. The molecule has 0 atom stereocenters. The van der Waals surface area contributed by atoms with Crippen LogP contribution in [0.1, 0.15) is 58.5 Å². The second-order valence-electron chi connectivity index (χ2n) is 5.27. The summed E-state index contributed by atoms with van der Waals surface area (Å²) < 4.78 is 0. The molecule has 0 fully saturated rings. The van der Waals surface area contributed by atoms with E-state index >= 15 is 0 Å². The van der Waals surface area contributed by atoms with Gasteiger partial charge >= 0.3 is 0 Å². The monoisotopic (exact) mass is 343 g/mol. The average molecular weight is 343 g/mol. The van der Waals surface area contributed by atoms with E-state index in [9.17, 15) is 0 Å². The molecule has 20 heavy (non-hydrogen) atoms. The van der Waals surface area contributed by atoms with E-state index in [-0.39, 0.29) is 50.0 Å². The fraction of sp³-hybridized carbons (Fsp3) is 0.444. The van der Waals surface area contributed by atoms with Crippen LogP contribution < -0.4 is 0 Å². The SMILES string of the molecule is C.[2HH].[B].[CH2-]CC[C-]1CCC2=C(CCc3ccccc32)C1.[Y]. The zero-order valence-corrected chi connectivity index (χ0v) is 14.5. The predicted octanol–water partition coefficient (Wildman–Crippen LogP) is 5.26. The second-order valence-corrected chi connectivity index (χ2v) is 5.27. The van der Waals surface area contributed by atoms with Crippen LogP contribution in [0.5, 0.6) is 0 Å². The van der Waals surface area contributed by atoms with Gasteiger partial charge in [0.2, 0.25) is 0 Å². The van der Waals surface area contributed by atoms with Crippen LogP contribution in [0.15, 0.2) is 29.8 Å². The summed E-state index contributed by atoms with van der Waals surface area (Å²) in [5, 5.41) is 0. The van der Waals surface area contributed by atoms with Crippen molar-refractivity contribution in [3.63, 3.8) is 0 Å². The summed E-state index contributed by atoms with van der Waals surface area (Å²) in [5.74, 6) is 1.73. The van der Waals surface area contributed by atoms with E-state index in [1.54, 1.807) is 28.2 Å². The normalized spacial score (nSPS) is 17.1. The molecule has 0 N–H and O–H groups in total. The molecule has 0 amide bonds. The fourth-order valence-electron chi connectivity index (χ4n) is 3.32. The molecule has 0 nitrogen and oxygen atoms in total. The van der Waals surface area contributed by atoms with Crippen molar-refractivity contribution in [1.82, 2.24) is 0 Å². The predicted molar refractivity (Wildman–Crippen MR) is 88.0 cm³/mol. The first-order valence-corrected chi connectivity index (χ1v) is 6.80. The maximum Gasteiger partial charge on any atom is 0 e. The first kappa shape index (κ1) is 20.1. The van der Waals surface area contributed by atoms with Gasteiger partial charge in [-0.25, -0.2) is 12.8 Å². The standard InChI is InChI=1S/C17H20.CH4.B.Y.H2/c1-2-5-13-8-11-17-15(12-13)10-9-14-6-3-4-7-16(14)17;;;;/h3-4,6-7H,1-2,5,8-12H2;1H4;;;1H/q-2;;;;/i;;;;1+1. The molecule has 3 rings (SSSR count). The van der Waals surface area contributed by atoms with Gasteiger partial charge in [-0.3, -0.25) is 0 Å². The molecule has 0 unspecified atom stereocenters. The van der Waals surface area contributed by atoms with Crippen LogP contribution in [0.3, 0.4) is 0 Å². The molecular weight excluding hydrogens is 316 g/mol. The molecule has 2 heteroatoms. The summed E-state index contributed by atoms with van der Waals surface area (Å²) in [6.45, 7) is 3.98. The molecule has 0 heterocycles. The van der Waals surface area contributed by atoms with Crippen molar-refractivity contribution in [1.29, 1.82) is 0 Å². The molecule has 1 aromatic rings. The van der Waals surface area contributed by atoms with E-state index < -0.39 is 0 Å². The molecule has 0 bridgehead atoms. The average Bonchev–Trinajstić information content (AvgIpc) is 2.39. The Balaban J connectivity index is 0. The Morgan fingerprint density at radius 2 is 1.90 bits per heavy atom. The minimum absolute atomic E-state index is 0. The Morgan fingerprint density at radius 1 is 1.15 bits per heavy atom. The molecular formula is C18H26BY-2. The summed E-state index contributed by atoms with van der Waals surface area (Å²) in [6, 6.07) is 8.97. The van der Waals surface area contributed by atoms with Crippen molar-refractivity contribution in [2.24, 2.45) is 0 Å². The first-order valence-electron chi connectivity index (χ1n) is 6.80. The smallest absolute Gasteiger partial charge is 0 e. The molecule has 0 aromatic heterocycles. The minimum Gasteiger partial charge on any atom is -0.346 e. The molecule has 0 aliphatic heterocycles. The largest absolute Gasteiger partial charge is 0.346 e. The van der Waals surface area contributed by atoms with Gasteiger partial charge in [0, 0.05) is 42.5 Å². The quantitative estimate of drug-likeness (QED) is 0.508. The van der Waals surface area contributed by atoms with Crippen LogP contribution in [0, 0.1) is 12.8 Å². The molecule has 1 aromatic carbocycles. The van der Waals surface area contributed by atoms with Gasteiger partial charge in [-0.15, -0.1) is 0 Å². The van der Waals surface area contributed by atoms with E-state index in [0.717, 1.165) is 6.42 Å². The third kappa shape index (κ3) is 4.07. The van der Waals surface area contributed by atoms with Gasteiger partial charge in [-0.05, 0) is 29.5 Å². The first-order chi connectivity index (χ1) is 8.38. The Morgan fingerprint density at radius 3 is 2.65 bits per heavy atom. The van der Waals surface area contributed by atoms with Gasteiger partial charge in [-0.2, -0.15) is 12.8 Å². The molecule has 0 saturated heterocycles. The minimum atomic E-state index is 0. The van der Waals surface area contributed by atoms with Gasteiger partial charge in [0.05, 0.1) is 0 Å². The van der Waals surface area contributed by atoms with Gasteiger partial charge in [0.1, 0.15) is 0 Å². The van der Waals surface area contributed by atoms with Crippen molar-refractivity contribution in [3.8, 4) is 0 Å². The third-order valence-corrected chi connectivity index (χ3v) is 4.19. The number of allylic oxidation sites excluding steroid dienone is 2. The van der Waals surface area contributed by atoms with Crippen LogP contribution in [0.4, 0.5) is 0 Å². The number of aryl methyl sites for hydroxylation is 1. The van der Waals surface area contributed by atoms with Crippen LogP contribution >= 0.6 is 0 Å². The van der Waals surface area contributed by atoms with Crippen molar-refractivity contribution >= 4 is 14.0 Å². The number of rotatable bonds is 2. The number of hydrogen-bond donors (Lipinski definition) is 0. The molecule has 2 aliphatic rings. The maximum absolute atomic E-state index is 3.98. The van der Waals surface area contributed by atoms with Gasteiger partial charge < -0.3 is 12.8 Å². The summed E-state index contributed by atoms with van der Waals surface area (Å²) in [6.07, 6.45) is 8.65. The Labute approximate surface area is 153 Å². The molecule has 106 valence electrons. The zero-order valence-electron chi connectivity index (χ0n) is 11.6. The summed E-state index contributed by atoms with van der Waals surface area (Å²) in [5.41, 5.74) is 6.49. The van der Waals surface area contributed by atoms with Gasteiger partial charge in [0.15, 0.2) is 0 Å². The Kier molecular flexibility index (Phi) is 9.27. The van der Waals surface area contributed by atoms with E-state index in [1.165, 1.54) is 38.5 Å². The van der Waals surface area contributed by atoms with Crippen molar-refractivity contribution in [2.45, 2.75) is 52.4 Å². The topological polar surface area (TPSA) is 0 Å². The van der Waals surface area contributed by atoms with Crippen LogP contribution in [0.2, 0.25) is 0 Å². The number of benzene rings is 1. The van der Waals surface area contributed by atoms with Crippen molar-refractivity contribution in [3.05, 3.63) is 53.8 Å².